The fourth-order valence-corrected chi connectivity index (χ4v) is 10.7. The van der Waals surface area contributed by atoms with Crippen molar-refractivity contribution < 1.29 is 24.5 Å². The normalized spacial score (nSPS) is 12.7. The van der Waals surface area contributed by atoms with Gasteiger partial charge in [0.1, 0.15) is 0 Å². The molecule has 3 N–H and O–H groups in total. The monoisotopic (exact) mass is 1070 g/mol. The van der Waals surface area contributed by atoms with Crippen LogP contribution in [0.5, 0.6) is 0 Å². The molecular formula is C70H133NO5. The number of hydrogen-bond acceptors (Lipinski definition) is 5. The molecule has 0 bridgehead atoms. The predicted octanol–water partition coefficient (Wildman–Crippen LogP) is 21.9. The van der Waals surface area contributed by atoms with Gasteiger partial charge in [0.2, 0.25) is 5.91 Å². The lowest BCUT2D eigenvalue weighted by Gasteiger charge is -2.20. The summed E-state index contributed by atoms with van der Waals surface area (Å²) >= 11 is 0. The fraction of sp³-hybridized carbons (Fsp3) is 0.886. The highest BCUT2D eigenvalue weighted by atomic mass is 16.5. The molecule has 6 heteroatoms. The topological polar surface area (TPSA) is 95.9 Å². The van der Waals surface area contributed by atoms with Gasteiger partial charge in [-0.15, -0.1) is 0 Å². The molecule has 0 radical (unpaired) electrons. The van der Waals surface area contributed by atoms with Gasteiger partial charge in [0.25, 0.3) is 0 Å². The molecule has 0 aliphatic heterocycles. The van der Waals surface area contributed by atoms with E-state index < -0.39 is 12.1 Å². The van der Waals surface area contributed by atoms with Gasteiger partial charge in [-0.25, -0.2) is 0 Å². The highest BCUT2D eigenvalue weighted by Gasteiger charge is 2.18. The standard InChI is InChI=1S/C70H133NO5/c1-3-5-7-9-11-13-15-17-19-20-21-22-23-24-26-29-32-35-38-42-46-50-54-58-62-68(73)67(66-72)71-69(74)63-59-55-51-47-43-39-36-33-30-27-25-28-31-34-37-41-45-49-53-57-61-65-76-70(75)64-60-56-52-48-44-40-18-16-14-12-10-8-6-4-2/h10,12,16,18,58,62,67-68,72-73H,3-9,11,13-15,17,19-57,59-61,63-66H2,1-2H3,(H,71,74)/b12-10-,18-16-,62-58+. The zero-order valence-corrected chi connectivity index (χ0v) is 51.3. The number of aliphatic hydroxyl groups excluding tert-OH is 2. The third-order valence-corrected chi connectivity index (χ3v) is 15.9. The summed E-state index contributed by atoms with van der Waals surface area (Å²) in [7, 11) is 0. The van der Waals surface area contributed by atoms with E-state index in [2.05, 4.69) is 43.5 Å². The molecule has 0 aliphatic carbocycles. The predicted molar refractivity (Wildman–Crippen MR) is 333 cm³/mol. The maximum atomic E-state index is 12.5. The van der Waals surface area contributed by atoms with E-state index in [0.717, 1.165) is 51.4 Å². The number of nitrogens with one attached hydrogen (secondary N) is 1. The number of carbonyl (C=O) groups excluding carboxylic acids is 2. The molecule has 2 atom stereocenters. The summed E-state index contributed by atoms with van der Waals surface area (Å²) in [5.41, 5.74) is 0. The van der Waals surface area contributed by atoms with E-state index in [1.54, 1.807) is 6.08 Å². The van der Waals surface area contributed by atoms with Crippen molar-refractivity contribution in [1.82, 2.24) is 5.32 Å². The first-order valence-electron chi connectivity index (χ1n) is 34.3. The molecule has 0 aromatic heterocycles. The zero-order chi connectivity index (χ0) is 55.0. The molecule has 0 saturated carbocycles. The molecule has 0 rings (SSSR count). The first-order chi connectivity index (χ1) is 37.5. The molecule has 0 fully saturated rings. The minimum atomic E-state index is -0.847. The molecule has 2 unspecified atom stereocenters. The fourth-order valence-electron chi connectivity index (χ4n) is 10.7. The van der Waals surface area contributed by atoms with Crippen molar-refractivity contribution in [3.63, 3.8) is 0 Å². The molecule has 0 heterocycles. The Morgan fingerprint density at radius 3 is 1.04 bits per heavy atom. The van der Waals surface area contributed by atoms with Crippen molar-refractivity contribution in [3.05, 3.63) is 36.5 Å². The second-order valence-corrected chi connectivity index (χ2v) is 23.5. The van der Waals surface area contributed by atoms with Crippen LogP contribution in [0.15, 0.2) is 36.5 Å². The van der Waals surface area contributed by atoms with Crippen LogP contribution < -0.4 is 5.32 Å². The van der Waals surface area contributed by atoms with Crippen LogP contribution in [0.2, 0.25) is 0 Å². The minimum absolute atomic E-state index is 0.00274. The Kier molecular flexibility index (Phi) is 63.9. The molecular weight excluding hydrogens is 935 g/mol. The summed E-state index contributed by atoms with van der Waals surface area (Å²) < 4.78 is 5.48. The average molecular weight is 1070 g/mol. The number of esters is 1. The van der Waals surface area contributed by atoms with Crippen molar-refractivity contribution >= 4 is 11.9 Å². The molecule has 76 heavy (non-hydrogen) atoms. The molecule has 1 amide bonds. The Balaban J connectivity index is 3.42. The van der Waals surface area contributed by atoms with Crippen LogP contribution in [0, 0.1) is 0 Å². The van der Waals surface area contributed by atoms with E-state index in [1.807, 2.05) is 6.08 Å². The highest BCUT2D eigenvalue weighted by molar-refractivity contribution is 5.76. The first kappa shape index (κ1) is 74.1. The maximum Gasteiger partial charge on any atom is 0.305 e. The Labute approximate surface area is 474 Å². The number of ether oxygens (including phenoxy) is 1. The van der Waals surface area contributed by atoms with Crippen LogP contribution in [-0.4, -0.2) is 47.4 Å². The van der Waals surface area contributed by atoms with Gasteiger partial charge in [-0.3, -0.25) is 9.59 Å². The smallest absolute Gasteiger partial charge is 0.305 e. The van der Waals surface area contributed by atoms with E-state index in [1.165, 1.54) is 295 Å². The minimum Gasteiger partial charge on any atom is -0.466 e. The van der Waals surface area contributed by atoms with Crippen LogP contribution in [0.25, 0.3) is 0 Å². The van der Waals surface area contributed by atoms with Crippen LogP contribution in [0.1, 0.15) is 373 Å². The van der Waals surface area contributed by atoms with E-state index in [9.17, 15) is 19.8 Å². The Bertz CT molecular complexity index is 1230. The van der Waals surface area contributed by atoms with Crippen molar-refractivity contribution in [2.75, 3.05) is 13.2 Å². The van der Waals surface area contributed by atoms with E-state index >= 15 is 0 Å². The van der Waals surface area contributed by atoms with Gasteiger partial charge in [-0.1, -0.05) is 339 Å². The number of allylic oxidation sites excluding steroid dienone is 5. The summed E-state index contributed by atoms with van der Waals surface area (Å²) in [6.45, 7) is 4.89. The lowest BCUT2D eigenvalue weighted by molar-refractivity contribution is -0.143. The summed E-state index contributed by atoms with van der Waals surface area (Å²) in [6, 6.07) is -0.631. The van der Waals surface area contributed by atoms with E-state index in [4.69, 9.17) is 4.74 Å². The quantitative estimate of drug-likeness (QED) is 0.0320. The van der Waals surface area contributed by atoms with E-state index in [0.29, 0.717) is 19.4 Å². The SMILES string of the molecule is CCCC/C=C\C/C=C\CCCCCCCC(=O)OCCCCCCCCCCCCCCCCCCCCCCCC(=O)NC(CO)C(O)/C=C/CCCCCCCCCCCCCCCCCCCCCCCC. The molecule has 0 aromatic carbocycles. The molecule has 0 aliphatic rings. The van der Waals surface area contributed by atoms with Gasteiger partial charge in [-0.05, 0) is 57.8 Å². The number of carbonyl (C=O) groups is 2. The molecule has 0 saturated heterocycles. The number of unbranched alkanes of at least 4 members (excludes halogenated alkanes) is 49. The average Bonchev–Trinajstić information content (AvgIpc) is 3.42. The highest BCUT2D eigenvalue weighted by Crippen LogP contribution is 2.18. The van der Waals surface area contributed by atoms with Crippen LogP contribution in [0.4, 0.5) is 0 Å². The largest absolute Gasteiger partial charge is 0.466 e. The van der Waals surface area contributed by atoms with Gasteiger partial charge < -0.3 is 20.3 Å². The summed E-state index contributed by atoms with van der Waals surface area (Å²) in [5, 5.41) is 23.3. The Morgan fingerprint density at radius 2 is 0.671 bits per heavy atom. The van der Waals surface area contributed by atoms with E-state index in [-0.39, 0.29) is 18.5 Å². The molecule has 0 aromatic rings. The number of amides is 1. The van der Waals surface area contributed by atoms with Crippen molar-refractivity contribution in [2.24, 2.45) is 0 Å². The molecule has 0 spiro atoms. The summed E-state index contributed by atoms with van der Waals surface area (Å²) in [6.07, 6.45) is 83.5. The zero-order valence-electron chi connectivity index (χ0n) is 51.3. The number of aliphatic hydroxyl groups is 2. The lowest BCUT2D eigenvalue weighted by Crippen LogP contribution is -2.45. The second-order valence-electron chi connectivity index (χ2n) is 23.5. The number of hydrogen-bond donors (Lipinski definition) is 3. The molecule has 6 nitrogen and oxygen atoms in total. The summed E-state index contributed by atoms with van der Waals surface area (Å²) in [4.78, 5) is 24.6. The van der Waals surface area contributed by atoms with Gasteiger partial charge in [-0.2, -0.15) is 0 Å². The maximum absolute atomic E-state index is 12.5. The molecule has 448 valence electrons. The van der Waals surface area contributed by atoms with Gasteiger partial charge in [0, 0.05) is 12.8 Å². The number of rotatable bonds is 64. The van der Waals surface area contributed by atoms with Crippen LogP contribution in [0.3, 0.4) is 0 Å². The Hall–Kier alpha value is -1.92. The van der Waals surface area contributed by atoms with Crippen molar-refractivity contribution in [1.29, 1.82) is 0 Å². The van der Waals surface area contributed by atoms with Crippen molar-refractivity contribution in [3.8, 4) is 0 Å². The van der Waals surface area contributed by atoms with Crippen LogP contribution in [-0.2, 0) is 14.3 Å². The third-order valence-electron chi connectivity index (χ3n) is 15.9. The second kappa shape index (κ2) is 65.6. The van der Waals surface area contributed by atoms with Crippen LogP contribution >= 0.6 is 0 Å². The summed E-state index contributed by atoms with van der Waals surface area (Å²) in [5.74, 6) is -0.0682. The van der Waals surface area contributed by atoms with Gasteiger partial charge in [0.05, 0.1) is 25.4 Å². The first-order valence-corrected chi connectivity index (χ1v) is 34.3. The Morgan fingerprint density at radius 1 is 0.368 bits per heavy atom. The van der Waals surface area contributed by atoms with Gasteiger partial charge >= 0.3 is 5.97 Å². The van der Waals surface area contributed by atoms with Gasteiger partial charge in [0.15, 0.2) is 0 Å². The lowest BCUT2D eigenvalue weighted by atomic mass is 10.0. The third kappa shape index (κ3) is 61.3. The van der Waals surface area contributed by atoms with Crippen molar-refractivity contribution in [2.45, 2.75) is 386 Å².